The van der Waals surface area contributed by atoms with Crippen LogP contribution in [0.1, 0.15) is 65.2 Å². The van der Waals surface area contributed by atoms with Crippen molar-refractivity contribution in [1.82, 2.24) is 0 Å². The van der Waals surface area contributed by atoms with Gasteiger partial charge in [-0.2, -0.15) is 0 Å². The summed E-state index contributed by atoms with van der Waals surface area (Å²) in [4.78, 5) is 32.7. The third-order valence-electron chi connectivity index (χ3n) is 4.29. The molecule has 0 bridgehead atoms. The number of nitrogens with two attached hydrogens (primary N) is 1. The summed E-state index contributed by atoms with van der Waals surface area (Å²) in [5.41, 5.74) is 5.22. The van der Waals surface area contributed by atoms with Gasteiger partial charge in [0.25, 0.3) is 0 Å². The minimum atomic E-state index is -4.34. The lowest BCUT2D eigenvalue weighted by Crippen LogP contribution is -2.29. The summed E-state index contributed by atoms with van der Waals surface area (Å²) < 4.78 is 31.2. The molecule has 0 rings (SSSR count). The highest BCUT2D eigenvalue weighted by Crippen LogP contribution is 2.43. The summed E-state index contributed by atoms with van der Waals surface area (Å²) in [7, 11) is -4.34. The van der Waals surface area contributed by atoms with E-state index in [1.807, 2.05) is 0 Å². The first kappa shape index (κ1) is 33.0. The first-order chi connectivity index (χ1) is 16.8. The van der Waals surface area contributed by atoms with Crippen LogP contribution in [0.15, 0.2) is 48.6 Å². The van der Waals surface area contributed by atoms with Crippen LogP contribution >= 0.6 is 7.82 Å². The van der Waals surface area contributed by atoms with Gasteiger partial charge in [-0.1, -0.05) is 55.5 Å². The number of phosphoric ester groups is 1. The average Bonchev–Trinajstić information content (AvgIpc) is 2.82. The van der Waals surface area contributed by atoms with Gasteiger partial charge in [-0.15, -0.1) is 0 Å². The number of hydrogen-bond acceptors (Lipinski definition) is 8. The molecule has 0 amide bonds. The Balaban J connectivity index is 4.12. The van der Waals surface area contributed by atoms with Crippen molar-refractivity contribution < 1.29 is 37.6 Å². The van der Waals surface area contributed by atoms with E-state index >= 15 is 0 Å². The second-order valence-electron chi connectivity index (χ2n) is 7.55. The number of carbonyl (C=O) groups excluding carboxylic acids is 2. The number of ether oxygens (including phenoxy) is 2. The van der Waals surface area contributed by atoms with Crippen LogP contribution < -0.4 is 5.73 Å². The number of hydrogen-bond donors (Lipinski definition) is 2. The van der Waals surface area contributed by atoms with Crippen molar-refractivity contribution in [3.63, 3.8) is 0 Å². The Hall–Kier alpha value is -2.03. The molecule has 9 nitrogen and oxygen atoms in total. The predicted octanol–water partition coefficient (Wildman–Crippen LogP) is 4.92. The van der Waals surface area contributed by atoms with Crippen molar-refractivity contribution in [1.29, 1.82) is 0 Å². The third-order valence-corrected chi connectivity index (χ3v) is 5.27. The fraction of sp³-hybridized carbons (Fsp3) is 0.600. The van der Waals surface area contributed by atoms with E-state index in [0.29, 0.717) is 6.42 Å². The van der Waals surface area contributed by atoms with Crippen LogP contribution in [-0.4, -0.2) is 49.3 Å². The van der Waals surface area contributed by atoms with E-state index in [1.54, 1.807) is 0 Å². The molecule has 0 aromatic heterocycles. The van der Waals surface area contributed by atoms with E-state index in [1.165, 1.54) is 6.92 Å². The van der Waals surface area contributed by atoms with Gasteiger partial charge in [0.1, 0.15) is 6.61 Å². The molecule has 3 N–H and O–H groups in total. The Bertz CT molecular complexity index is 733. The summed E-state index contributed by atoms with van der Waals surface area (Å²) in [5, 5.41) is 0. The monoisotopic (exact) mass is 515 g/mol. The van der Waals surface area contributed by atoms with E-state index < -0.39 is 32.5 Å². The molecule has 2 unspecified atom stereocenters. The lowest BCUT2D eigenvalue weighted by molar-refractivity contribution is -0.160. The fourth-order valence-electron chi connectivity index (χ4n) is 2.58. The molecule has 0 fully saturated rings. The van der Waals surface area contributed by atoms with Crippen molar-refractivity contribution in [3.05, 3.63) is 48.6 Å². The van der Waals surface area contributed by atoms with E-state index in [-0.39, 0.29) is 26.2 Å². The molecule has 0 saturated heterocycles. The zero-order valence-electron chi connectivity index (χ0n) is 21.0. The first-order valence-electron chi connectivity index (χ1n) is 12.1. The normalized spacial score (nSPS) is 14.7. The van der Waals surface area contributed by atoms with Gasteiger partial charge in [0.05, 0.1) is 13.2 Å². The molecular formula is C25H42NO8P. The number of esters is 2. The lowest BCUT2D eigenvalue weighted by Gasteiger charge is -2.19. The SMILES string of the molecule is CC/C=C\C/C=C\C/C=C\C/C=C\CCCCC(=O)OC(COC(C)=O)COP(=O)(O)OCCN. The molecule has 0 aromatic rings. The second-order valence-corrected chi connectivity index (χ2v) is 9.00. The Morgan fingerprint density at radius 1 is 0.914 bits per heavy atom. The molecular weight excluding hydrogens is 473 g/mol. The van der Waals surface area contributed by atoms with E-state index in [4.69, 9.17) is 19.7 Å². The van der Waals surface area contributed by atoms with Gasteiger partial charge >= 0.3 is 19.8 Å². The highest BCUT2D eigenvalue weighted by atomic mass is 31.2. The quantitative estimate of drug-likeness (QED) is 0.0945. The van der Waals surface area contributed by atoms with E-state index in [2.05, 4.69) is 60.1 Å². The number of phosphoric acid groups is 1. The Kier molecular flexibility index (Phi) is 21.1. The van der Waals surface area contributed by atoms with Crippen LogP contribution in [0.5, 0.6) is 0 Å². The number of allylic oxidation sites excluding steroid dienone is 8. The minimum Gasteiger partial charge on any atom is -0.462 e. The molecule has 0 radical (unpaired) electrons. The molecule has 0 aliphatic heterocycles. The van der Waals surface area contributed by atoms with Gasteiger partial charge in [-0.05, 0) is 44.9 Å². The summed E-state index contributed by atoms with van der Waals surface area (Å²) in [6.07, 6.45) is 22.3. The van der Waals surface area contributed by atoms with Crippen LogP contribution in [0.2, 0.25) is 0 Å². The number of rotatable bonds is 21. The highest BCUT2D eigenvalue weighted by Gasteiger charge is 2.25. The maximum absolute atomic E-state index is 12.1. The van der Waals surface area contributed by atoms with E-state index in [9.17, 15) is 19.0 Å². The summed E-state index contributed by atoms with van der Waals surface area (Å²) >= 11 is 0. The van der Waals surface area contributed by atoms with Crippen LogP contribution in [0.3, 0.4) is 0 Å². The zero-order chi connectivity index (χ0) is 26.2. The van der Waals surface area contributed by atoms with Gasteiger partial charge < -0.3 is 20.1 Å². The Morgan fingerprint density at radius 2 is 1.51 bits per heavy atom. The Morgan fingerprint density at radius 3 is 2.09 bits per heavy atom. The molecule has 0 heterocycles. The van der Waals surface area contributed by atoms with Crippen molar-refractivity contribution >= 4 is 19.8 Å². The molecule has 35 heavy (non-hydrogen) atoms. The summed E-state index contributed by atoms with van der Waals surface area (Å²) in [5.74, 6) is -1.08. The molecule has 0 saturated carbocycles. The molecule has 0 spiro atoms. The van der Waals surface area contributed by atoms with Crippen molar-refractivity contribution in [2.45, 2.75) is 71.3 Å². The molecule has 10 heteroatoms. The Labute approximate surface area is 209 Å². The van der Waals surface area contributed by atoms with Gasteiger partial charge in [-0.25, -0.2) is 4.57 Å². The minimum absolute atomic E-state index is 0.0423. The maximum Gasteiger partial charge on any atom is 0.472 e. The van der Waals surface area contributed by atoms with Crippen LogP contribution in [0.25, 0.3) is 0 Å². The van der Waals surface area contributed by atoms with Gasteiger partial charge in [-0.3, -0.25) is 18.6 Å². The highest BCUT2D eigenvalue weighted by molar-refractivity contribution is 7.47. The van der Waals surface area contributed by atoms with Crippen molar-refractivity contribution in [2.24, 2.45) is 5.73 Å². The largest absolute Gasteiger partial charge is 0.472 e. The van der Waals surface area contributed by atoms with Crippen LogP contribution in [-0.2, 0) is 32.7 Å². The summed E-state index contributed by atoms with van der Waals surface area (Å²) in [6, 6.07) is 0. The smallest absolute Gasteiger partial charge is 0.462 e. The maximum atomic E-state index is 12.1. The van der Waals surface area contributed by atoms with E-state index in [0.717, 1.165) is 38.5 Å². The number of unbranched alkanes of at least 4 members (excludes halogenated alkanes) is 2. The molecule has 0 aromatic carbocycles. The van der Waals surface area contributed by atoms with Crippen molar-refractivity contribution in [2.75, 3.05) is 26.4 Å². The lowest BCUT2D eigenvalue weighted by atomic mass is 10.2. The zero-order valence-corrected chi connectivity index (χ0v) is 21.9. The van der Waals surface area contributed by atoms with Crippen LogP contribution in [0, 0.1) is 0 Å². The molecule has 2 atom stereocenters. The second kappa shape index (κ2) is 22.4. The van der Waals surface area contributed by atoms with Crippen LogP contribution in [0.4, 0.5) is 0 Å². The molecule has 0 aliphatic carbocycles. The molecule has 200 valence electrons. The molecule has 0 aliphatic rings. The first-order valence-corrected chi connectivity index (χ1v) is 13.5. The fourth-order valence-corrected chi connectivity index (χ4v) is 3.35. The third kappa shape index (κ3) is 23.5. The van der Waals surface area contributed by atoms with Gasteiger partial charge in [0.2, 0.25) is 0 Å². The summed E-state index contributed by atoms with van der Waals surface area (Å²) in [6.45, 7) is 2.45. The van der Waals surface area contributed by atoms with Gasteiger partial charge in [0.15, 0.2) is 6.10 Å². The predicted molar refractivity (Wildman–Crippen MR) is 136 cm³/mol. The van der Waals surface area contributed by atoms with Crippen molar-refractivity contribution in [3.8, 4) is 0 Å². The number of carbonyl (C=O) groups is 2. The standard InChI is InChI=1S/C25H42NO8P/c1-3-4-5-6-7-8-9-10-11-12-13-14-15-16-17-18-25(28)34-24(21-31-23(2)27)22-33-35(29,30)32-20-19-26/h4-5,7-8,10-11,13-14,24H,3,6,9,12,15-22,26H2,1-2H3,(H,29,30)/b5-4-,8-7-,11-10-,14-13-. The van der Waals surface area contributed by atoms with Gasteiger partial charge in [0, 0.05) is 19.9 Å². The topological polar surface area (TPSA) is 134 Å². The average molecular weight is 516 g/mol.